The van der Waals surface area contributed by atoms with Gasteiger partial charge in [-0.15, -0.1) is 0 Å². The molecule has 0 aliphatic carbocycles. The molecule has 0 saturated carbocycles. The number of halogens is 4. The van der Waals surface area contributed by atoms with Crippen LogP contribution in [0.15, 0.2) is 33.6 Å². The molecule has 0 atom stereocenters. The molecule has 1 aromatic carbocycles. The Labute approximate surface area is 163 Å². The molecule has 1 heterocycles. The van der Waals surface area contributed by atoms with E-state index in [1.54, 1.807) is 12.1 Å². The highest BCUT2D eigenvalue weighted by Gasteiger charge is 2.37. The fourth-order valence-corrected chi connectivity index (χ4v) is 3.91. The van der Waals surface area contributed by atoms with E-state index in [4.69, 9.17) is 4.74 Å². The Morgan fingerprint density at radius 3 is 2.41 bits per heavy atom. The van der Waals surface area contributed by atoms with Crippen molar-refractivity contribution in [3.05, 3.63) is 40.1 Å². The van der Waals surface area contributed by atoms with Gasteiger partial charge in [0.05, 0.1) is 21.7 Å². The van der Waals surface area contributed by atoms with Gasteiger partial charge in [-0.1, -0.05) is 0 Å². The number of ether oxygens (including phenoxy) is 1. The second-order valence-corrected chi connectivity index (χ2v) is 8.18. The first-order valence-electron chi connectivity index (χ1n) is 8.09. The Bertz CT molecular complexity index is 881. The summed E-state index contributed by atoms with van der Waals surface area (Å²) >= 11 is 2.90. The minimum absolute atomic E-state index is 0.0633. The molecule has 6 nitrogen and oxygen atoms in total. The van der Waals surface area contributed by atoms with E-state index in [1.807, 2.05) is 6.92 Å². The average molecular weight is 470 g/mol. The summed E-state index contributed by atoms with van der Waals surface area (Å²) in [5, 5.41) is 3.55. The molecule has 2 aromatic rings. The van der Waals surface area contributed by atoms with E-state index in [0.29, 0.717) is 18.1 Å². The van der Waals surface area contributed by atoms with E-state index in [-0.39, 0.29) is 28.9 Å². The largest absolute Gasteiger partial charge is 0.494 e. The molecule has 0 amide bonds. The summed E-state index contributed by atoms with van der Waals surface area (Å²) in [7, 11) is -3.71. The Morgan fingerprint density at radius 2 is 1.89 bits per heavy atom. The predicted molar refractivity (Wildman–Crippen MR) is 97.1 cm³/mol. The van der Waals surface area contributed by atoms with Gasteiger partial charge in [0.2, 0.25) is 10.0 Å². The van der Waals surface area contributed by atoms with E-state index in [1.165, 1.54) is 23.7 Å². The molecule has 1 aromatic heterocycles. The van der Waals surface area contributed by atoms with Crippen molar-refractivity contribution in [1.29, 1.82) is 0 Å². The number of sulfonamides is 1. The van der Waals surface area contributed by atoms with E-state index in [9.17, 15) is 21.6 Å². The van der Waals surface area contributed by atoms with Crippen LogP contribution in [0.4, 0.5) is 13.2 Å². The highest BCUT2D eigenvalue weighted by molar-refractivity contribution is 9.10. The molecule has 0 unspecified atom stereocenters. The average Bonchev–Trinajstić information content (AvgIpc) is 2.88. The van der Waals surface area contributed by atoms with Crippen LogP contribution in [0.5, 0.6) is 5.75 Å². The van der Waals surface area contributed by atoms with Crippen LogP contribution < -0.4 is 9.46 Å². The monoisotopic (exact) mass is 469 g/mol. The number of nitrogens with one attached hydrogen (secondary N) is 1. The Hall–Kier alpha value is -1.59. The van der Waals surface area contributed by atoms with Crippen LogP contribution in [-0.2, 0) is 22.7 Å². The first kappa shape index (κ1) is 21.7. The van der Waals surface area contributed by atoms with E-state index in [0.717, 1.165) is 0 Å². The molecule has 2 rings (SSSR count). The SMILES string of the molecule is CCOc1ccc(S(=O)(=O)NCCCn2nc(C(F)(F)F)c(Br)c2C)cc1. The quantitative estimate of drug-likeness (QED) is 0.597. The fraction of sp³-hybridized carbons (Fsp3) is 0.438. The van der Waals surface area contributed by atoms with Crippen LogP contribution in [0.3, 0.4) is 0 Å². The number of hydrogen-bond donors (Lipinski definition) is 1. The van der Waals surface area contributed by atoms with Gasteiger partial charge in [0.1, 0.15) is 5.75 Å². The fourth-order valence-electron chi connectivity index (χ4n) is 2.32. The van der Waals surface area contributed by atoms with Gasteiger partial charge in [-0.25, -0.2) is 13.1 Å². The van der Waals surface area contributed by atoms with Gasteiger partial charge >= 0.3 is 6.18 Å². The van der Waals surface area contributed by atoms with Crippen LogP contribution in [-0.4, -0.2) is 31.3 Å². The minimum atomic E-state index is -4.55. The maximum Gasteiger partial charge on any atom is 0.436 e. The van der Waals surface area contributed by atoms with Gasteiger partial charge < -0.3 is 4.74 Å². The van der Waals surface area contributed by atoms with Crippen LogP contribution >= 0.6 is 15.9 Å². The zero-order valence-electron chi connectivity index (χ0n) is 14.7. The molecular weight excluding hydrogens is 451 g/mol. The van der Waals surface area contributed by atoms with Gasteiger partial charge in [-0.3, -0.25) is 4.68 Å². The maximum atomic E-state index is 12.8. The van der Waals surface area contributed by atoms with E-state index < -0.39 is 21.9 Å². The summed E-state index contributed by atoms with van der Waals surface area (Å²) < 4.78 is 71.8. The second kappa shape index (κ2) is 8.61. The molecule has 0 radical (unpaired) electrons. The molecule has 0 bridgehead atoms. The van der Waals surface area contributed by atoms with Crippen molar-refractivity contribution in [2.45, 2.75) is 37.9 Å². The maximum absolute atomic E-state index is 12.8. The standard InChI is InChI=1S/C16H19BrF3N3O3S/c1-3-26-12-5-7-13(8-6-12)27(24,25)21-9-4-10-23-11(2)14(17)15(22-23)16(18,19)20/h5-8,21H,3-4,9-10H2,1-2H3. The first-order valence-corrected chi connectivity index (χ1v) is 10.4. The number of alkyl halides is 3. The number of rotatable bonds is 8. The summed E-state index contributed by atoms with van der Waals surface area (Å²) in [6, 6.07) is 5.97. The highest BCUT2D eigenvalue weighted by atomic mass is 79.9. The van der Waals surface area contributed by atoms with Crippen molar-refractivity contribution in [3.8, 4) is 5.75 Å². The molecule has 0 fully saturated rings. The molecule has 150 valence electrons. The lowest BCUT2D eigenvalue weighted by Crippen LogP contribution is -2.25. The molecule has 27 heavy (non-hydrogen) atoms. The Morgan fingerprint density at radius 1 is 1.26 bits per heavy atom. The molecule has 1 N–H and O–H groups in total. The van der Waals surface area contributed by atoms with Crippen molar-refractivity contribution in [2.24, 2.45) is 0 Å². The first-order chi connectivity index (χ1) is 12.6. The Balaban J connectivity index is 1.94. The zero-order chi connectivity index (χ0) is 20.2. The van der Waals surface area contributed by atoms with Crippen molar-refractivity contribution < 1.29 is 26.3 Å². The minimum Gasteiger partial charge on any atom is -0.494 e. The number of benzene rings is 1. The summed E-state index contributed by atoms with van der Waals surface area (Å²) in [6.45, 7) is 4.02. The smallest absolute Gasteiger partial charge is 0.436 e. The van der Waals surface area contributed by atoms with Crippen LogP contribution in [0, 0.1) is 6.92 Å². The number of hydrogen-bond acceptors (Lipinski definition) is 4. The molecule has 0 aliphatic heterocycles. The number of nitrogens with zero attached hydrogens (tertiary/aromatic N) is 2. The van der Waals surface area contributed by atoms with Crippen LogP contribution in [0.2, 0.25) is 0 Å². The second-order valence-electron chi connectivity index (χ2n) is 5.62. The van der Waals surface area contributed by atoms with Gasteiger partial charge in [0.15, 0.2) is 5.69 Å². The van der Waals surface area contributed by atoms with Gasteiger partial charge in [-0.2, -0.15) is 18.3 Å². The van der Waals surface area contributed by atoms with E-state index >= 15 is 0 Å². The van der Waals surface area contributed by atoms with Crippen LogP contribution in [0.1, 0.15) is 24.7 Å². The summed E-state index contributed by atoms with van der Waals surface area (Å²) in [5.41, 5.74) is -0.660. The third-order valence-corrected chi connectivity index (χ3v) is 6.11. The molecule has 0 aliphatic rings. The molecular formula is C16H19BrF3N3O3S. The van der Waals surface area contributed by atoms with Crippen LogP contribution in [0.25, 0.3) is 0 Å². The van der Waals surface area contributed by atoms with Gasteiger partial charge in [0, 0.05) is 13.1 Å². The van der Waals surface area contributed by atoms with Gasteiger partial charge in [-0.05, 0) is 60.5 Å². The summed E-state index contributed by atoms with van der Waals surface area (Å²) in [4.78, 5) is 0.0864. The number of aryl methyl sites for hydroxylation is 1. The lowest BCUT2D eigenvalue weighted by Gasteiger charge is -2.09. The lowest BCUT2D eigenvalue weighted by atomic mass is 10.3. The topological polar surface area (TPSA) is 73.2 Å². The molecule has 11 heteroatoms. The highest BCUT2D eigenvalue weighted by Crippen LogP contribution is 2.35. The third kappa shape index (κ3) is 5.45. The predicted octanol–water partition coefficient (Wildman–Crippen LogP) is 3.74. The third-order valence-electron chi connectivity index (χ3n) is 3.69. The van der Waals surface area contributed by atoms with Crippen molar-refractivity contribution >= 4 is 26.0 Å². The summed E-state index contributed by atoms with van der Waals surface area (Å²) in [6.07, 6.45) is -4.27. The van der Waals surface area contributed by atoms with Crippen molar-refractivity contribution in [3.63, 3.8) is 0 Å². The van der Waals surface area contributed by atoms with Crippen molar-refractivity contribution in [2.75, 3.05) is 13.2 Å². The van der Waals surface area contributed by atoms with E-state index in [2.05, 4.69) is 25.8 Å². The molecule has 0 saturated heterocycles. The van der Waals surface area contributed by atoms with Crippen molar-refractivity contribution in [1.82, 2.24) is 14.5 Å². The molecule has 0 spiro atoms. The summed E-state index contributed by atoms with van der Waals surface area (Å²) in [5.74, 6) is 0.566. The normalized spacial score (nSPS) is 12.4. The zero-order valence-corrected chi connectivity index (χ0v) is 17.1. The number of aromatic nitrogens is 2. The van der Waals surface area contributed by atoms with Gasteiger partial charge in [0.25, 0.3) is 0 Å². The lowest BCUT2D eigenvalue weighted by molar-refractivity contribution is -0.142. The Kier molecular flexibility index (Phi) is 6.92.